The highest BCUT2D eigenvalue weighted by Crippen LogP contribution is 2.37. The van der Waals surface area contributed by atoms with Gasteiger partial charge in [0.15, 0.2) is 0 Å². The van der Waals surface area contributed by atoms with Crippen molar-refractivity contribution < 1.29 is 32.2 Å². The Morgan fingerprint density at radius 2 is 1.45 bits per heavy atom. The van der Waals surface area contributed by atoms with Crippen molar-refractivity contribution in [2.24, 2.45) is 0 Å². The van der Waals surface area contributed by atoms with Crippen molar-refractivity contribution in [1.29, 1.82) is 0 Å². The molecule has 0 fully saturated rings. The second-order valence-electron chi connectivity index (χ2n) is 8.62. The second kappa shape index (κ2) is 12.3. The van der Waals surface area contributed by atoms with Crippen LogP contribution >= 0.6 is 0 Å². The lowest BCUT2D eigenvalue weighted by atomic mass is 10.0. The number of aliphatic carboxylic acids is 1. The van der Waals surface area contributed by atoms with E-state index >= 15 is 0 Å². The number of carbonyl (C=O) groups is 1. The van der Waals surface area contributed by atoms with E-state index in [1.54, 1.807) is 25.6 Å². The molecule has 40 heavy (non-hydrogen) atoms. The van der Waals surface area contributed by atoms with Gasteiger partial charge < -0.3 is 14.4 Å². The molecular formula is C31H24F4N2O3. The monoisotopic (exact) mass is 548 g/mol. The third-order valence-electron chi connectivity index (χ3n) is 5.96. The number of nitrogens with zero attached hydrogens (tertiary/aromatic N) is 2. The van der Waals surface area contributed by atoms with Gasteiger partial charge in [-0.2, -0.15) is 13.2 Å². The first-order valence-corrected chi connectivity index (χ1v) is 12.1. The molecule has 0 unspecified atom stereocenters. The van der Waals surface area contributed by atoms with E-state index in [1.165, 1.54) is 6.07 Å². The van der Waals surface area contributed by atoms with Crippen LogP contribution in [0.5, 0.6) is 5.75 Å². The van der Waals surface area contributed by atoms with Crippen molar-refractivity contribution in [2.45, 2.75) is 12.7 Å². The van der Waals surface area contributed by atoms with Crippen LogP contribution in [-0.4, -0.2) is 33.9 Å². The maximum atomic E-state index is 15.0. The van der Waals surface area contributed by atoms with Gasteiger partial charge in [-0.1, -0.05) is 72.8 Å². The second-order valence-corrected chi connectivity index (χ2v) is 8.62. The summed E-state index contributed by atoms with van der Waals surface area (Å²) >= 11 is 0. The van der Waals surface area contributed by atoms with Gasteiger partial charge in [0.05, 0.1) is 19.1 Å². The number of alkyl halides is 3. The van der Waals surface area contributed by atoms with Crippen LogP contribution < -0.4 is 4.74 Å². The van der Waals surface area contributed by atoms with Gasteiger partial charge in [0.1, 0.15) is 17.3 Å². The molecular weight excluding hydrogens is 524 g/mol. The number of aromatic nitrogens is 2. The molecule has 0 aliphatic carbocycles. The highest BCUT2D eigenvalue weighted by Gasteiger charge is 2.38. The summed E-state index contributed by atoms with van der Waals surface area (Å²) in [6, 6.07) is 33.2. The van der Waals surface area contributed by atoms with E-state index in [2.05, 4.69) is 36.4 Å². The number of hydrogen-bond acceptors (Lipinski definition) is 3. The van der Waals surface area contributed by atoms with Crippen LogP contribution in [-0.2, 0) is 11.3 Å². The smallest absolute Gasteiger partial charge is 0.490 e. The van der Waals surface area contributed by atoms with Crippen molar-refractivity contribution >= 4 is 5.97 Å². The number of halogens is 4. The molecule has 1 heterocycles. The number of para-hydroxylation sites is 1. The Balaban J connectivity index is 0.000000470. The molecule has 5 nitrogen and oxygen atoms in total. The number of carboxylic acid groups (broad SMARTS) is 1. The van der Waals surface area contributed by atoms with Gasteiger partial charge >= 0.3 is 12.1 Å². The summed E-state index contributed by atoms with van der Waals surface area (Å²) in [5.74, 6) is -2.34. The molecule has 0 atom stereocenters. The minimum absolute atomic E-state index is 0.284. The number of ether oxygens (including phenoxy) is 1. The van der Waals surface area contributed by atoms with E-state index < -0.39 is 12.1 Å². The SMILES string of the molecule is COc1ccccc1-c1ncn(Cc2cccc(-c3ccccc3)c2)c1-c1ccccc1F.O=C(O)C(F)(F)F. The van der Waals surface area contributed by atoms with Crippen molar-refractivity contribution in [3.8, 4) is 39.4 Å². The first-order chi connectivity index (χ1) is 19.2. The minimum Gasteiger partial charge on any atom is -0.496 e. The fraction of sp³-hybridized carbons (Fsp3) is 0.0968. The third-order valence-corrected chi connectivity index (χ3v) is 5.96. The number of hydrogen-bond donors (Lipinski definition) is 1. The van der Waals surface area contributed by atoms with Crippen molar-refractivity contribution in [3.05, 3.63) is 121 Å². The van der Waals surface area contributed by atoms with E-state index in [9.17, 15) is 17.6 Å². The standard InChI is InChI=1S/C29H23FN2O.C2HF3O2/c1-33-27-17-8-6-15-25(27)28-29(24-14-5-7-16-26(24)30)32(20-31-28)19-21-10-9-13-23(18-21)22-11-3-2-4-12-22;3-2(4,5)1(6)7/h2-18,20H,19H2,1H3;(H,6,7). The number of rotatable bonds is 6. The molecule has 0 spiro atoms. The van der Waals surface area contributed by atoms with Crippen LogP contribution in [0.3, 0.4) is 0 Å². The molecule has 1 aromatic heterocycles. The van der Waals surface area contributed by atoms with E-state index in [4.69, 9.17) is 19.6 Å². The van der Waals surface area contributed by atoms with Crippen LogP contribution in [0.15, 0.2) is 109 Å². The number of imidazole rings is 1. The van der Waals surface area contributed by atoms with Crippen LogP contribution in [0, 0.1) is 5.82 Å². The van der Waals surface area contributed by atoms with Gasteiger partial charge in [-0.05, 0) is 47.0 Å². The zero-order chi connectivity index (χ0) is 28.7. The first-order valence-electron chi connectivity index (χ1n) is 12.1. The normalized spacial score (nSPS) is 10.9. The van der Waals surface area contributed by atoms with Crippen molar-refractivity contribution in [1.82, 2.24) is 9.55 Å². The Hall–Kier alpha value is -4.92. The average Bonchev–Trinajstić information content (AvgIpc) is 3.36. The molecule has 1 N–H and O–H groups in total. The van der Waals surface area contributed by atoms with E-state index in [1.807, 2.05) is 53.1 Å². The molecule has 9 heteroatoms. The molecule has 0 bridgehead atoms. The summed E-state index contributed by atoms with van der Waals surface area (Å²) in [4.78, 5) is 13.6. The van der Waals surface area contributed by atoms with Gasteiger partial charge in [0.2, 0.25) is 0 Å². The summed E-state index contributed by atoms with van der Waals surface area (Å²) < 4.78 is 54.3. The summed E-state index contributed by atoms with van der Waals surface area (Å²) in [5, 5.41) is 7.12. The maximum absolute atomic E-state index is 15.0. The topological polar surface area (TPSA) is 64.4 Å². The van der Waals surface area contributed by atoms with Crippen LogP contribution in [0.4, 0.5) is 17.6 Å². The lowest BCUT2D eigenvalue weighted by Gasteiger charge is -2.14. The molecule has 0 saturated heterocycles. The fourth-order valence-corrected chi connectivity index (χ4v) is 4.15. The summed E-state index contributed by atoms with van der Waals surface area (Å²) in [5.41, 5.74) is 6.17. The molecule has 0 saturated carbocycles. The molecule has 5 rings (SSSR count). The Bertz CT molecular complexity index is 1600. The Morgan fingerprint density at radius 1 is 0.850 bits per heavy atom. The van der Waals surface area contributed by atoms with Crippen LogP contribution in [0.2, 0.25) is 0 Å². The fourth-order valence-electron chi connectivity index (χ4n) is 4.15. The Kier molecular flexibility index (Phi) is 8.63. The Morgan fingerprint density at radius 3 is 2.10 bits per heavy atom. The summed E-state index contributed by atoms with van der Waals surface area (Å²) in [7, 11) is 1.63. The highest BCUT2D eigenvalue weighted by atomic mass is 19.4. The minimum atomic E-state index is -5.08. The molecule has 0 aliphatic heterocycles. The zero-order valence-electron chi connectivity index (χ0n) is 21.3. The van der Waals surface area contributed by atoms with Gasteiger partial charge in [0.25, 0.3) is 0 Å². The predicted octanol–water partition coefficient (Wildman–Crippen LogP) is 7.71. The number of methoxy groups -OCH3 is 1. The first kappa shape index (κ1) is 28.1. The summed E-state index contributed by atoms with van der Waals surface area (Å²) in [6.45, 7) is 0.562. The van der Waals surface area contributed by atoms with E-state index in [0.29, 0.717) is 23.6 Å². The van der Waals surface area contributed by atoms with E-state index in [0.717, 1.165) is 27.9 Å². The lowest BCUT2D eigenvalue weighted by molar-refractivity contribution is -0.192. The average molecular weight is 549 g/mol. The quantitative estimate of drug-likeness (QED) is 0.221. The highest BCUT2D eigenvalue weighted by molar-refractivity contribution is 5.82. The van der Waals surface area contributed by atoms with Gasteiger partial charge in [-0.15, -0.1) is 0 Å². The Labute approximate surface area is 227 Å². The lowest BCUT2D eigenvalue weighted by Crippen LogP contribution is -2.21. The molecule has 204 valence electrons. The maximum Gasteiger partial charge on any atom is 0.490 e. The largest absolute Gasteiger partial charge is 0.496 e. The van der Waals surface area contributed by atoms with Crippen LogP contribution in [0.1, 0.15) is 5.56 Å². The molecule has 0 radical (unpaired) electrons. The van der Waals surface area contributed by atoms with Crippen molar-refractivity contribution in [2.75, 3.05) is 7.11 Å². The van der Waals surface area contributed by atoms with Gasteiger partial charge in [0, 0.05) is 17.7 Å². The summed E-state index contributed by atoms with van der Waals surface area (Å²) in [6.07, 6.45) is -3.31. The molecule has 5 aromatic rings. The molecule has 0 amide bonds. The van der Waals surface area contributed by atoms with E-state index in [-0.39, 0.29) is 5.82 Å². The van der Waals surface area contributed by atoms with Crippen LogP contribution in [0.25, 0.3) is 33.6 Å². The molecule has 4 aromatic carbocycles. The zero-order valence-corrected chi connectivity index (χ0v) is 21.3. The van der Waals surface area contributed by atoms with Gasteiger partial charge in [-0.25, -0.2) is 14.2 Å². The third kappa shape index (κ3) is 6.55. The predicted molar refractivity (Wildman–Crippen MR) is 144 cm³/mol. The number of carboxylic acids is 1. The van der Waals surface area contributed by atoms with Crippen molar-refractivity contribution in [3.63, 3.8) is 0 Å². The molecule has 0 aliphatic rings. The van der Waals surface area contributed by atoms with Gasteiger partial charge in [-0.3, -0.25) is 0 Å². The number of benzene rings is 4.